The Morgan fingerprint density at radius 1 is 1.19 bits per heavy atom. The summed E-state index contributed by atoms with van der Waals surface area (Å²) in [4.78, 5) is 30.8. The number of thiocarbonyl (C=S) groups is 1. The average molecular weight is 521 g/mol. The van der Waals surface area contributed by atoms with Gasteiger partial charge in [0.05, 0.1) is 4.91 Å². The first-order chi connectivity index (χ1) is 17.3. The van der Waals surface area contributed by atoms with Crippen molar-refractivity contribution in [2.45, 2.75) is 59.5 Å². The lowest BCUT2D eigenvalue weighted by atomic mass is 9.90. The molecule has 2 aliphatic heterocycles. The van der Waals surface area contributed by atoms with Crippen LogP contribution in [0.25, 0.3) is 6.08 Å². The van der Waals surface area contributed by atoms with E-state index in [0.29, 0.717) is 27.3 Å². The number of amides is 1. The van der Waals surface area contributed by atoms with Gasteiger partial charge in [-0.2, -0.15) is 5.26 Å². The highest BCUT2D eigenvalue weighted by molar-refractivity contribution is 8.26. The Labute approximate surface area is 222 Å². The molecule has 2 aliphatic rings. The van der Waals surface area contributed by atoms with Gasteiger partial charge in [-0.15, -0.1) is 0 Å². The largest absolute Gasteiger partial charge is 0.357 e. The molecular formula is C28H32N4O2S2. The van der Waals surface area contributed by atoms with Crippen LogP contribution in [0.5, 0.6) is 0 Å². The SMILES string of the molecule is CCn1c(N2CCC(Cc3ccccc3)CC2)c(/C=C2\SC(=S)N(C(C)C)C2=O)c(C)c(C#N)c1=O. The number of anilines is 1. The van der Waals surface area contributed by atoms with Crippen molar-refractivity contribution in [1.29, 1.82) is 5.26 Å². The highest BCUT2D eigenvalue weighted by atomic mass is 32.2. The number of hydrogen-bond acceptors (Lipinski definition) is 6. The number of nitrogens with zero attached hydrogens (tertiary/aromatic N) is 4. The maximum absolute atomic E-state index is 13.3. The third-order valence-corrected chi connectivity index (χ3v) is 8.39. The van der Waals surface area contributed by atoms with Crippen molar-refractivity contribution < 1.29 is 4.79 Å². The van der Waals surface area contributed by atoms with E-state index in [0.717, 1.165) is 43.7 Å². The predicted octanol–water partition coefficient (Wildman–Crippen LogP) is 5.12. The second kappa shape index (κ2) is 11.0. The quantitative estimate of drug-likeness (QED) is 0.389. The summed E-state index contributed by atoms with van der Waals surface area (Å²) in [5.41, 5.74) is 2.58. The minimum atomic E-state index is -0.272. The number of nitriles is 1. The molecule has 3 heterocycles. The zero-order chi connectivity index (χ0) is 26.0. The number of pyridine rings is 1. The van der Waals surface area contributed by atoms with Gasteiger partial charge in [-0.1, -0.05) is 54.3 Å². The number of carbonyl (C=O) groups is 1. The molecule has 4 rings (SSSR count). The first kappa shape index (κ1) is 26.2. The molecule has 2 fully saturated rings. The molecule has 36 heavy (non-hydrogen) atoms. The topological polar surface area (TPSA) is 69.3 Å². The van der Waals surface area contributed by atoms with Crippen LogP contribution in [0.15, 0.2) is 40.0 Å². The molecular weight excluding hydrogens is 488 g/mol. The molecule has 0 aliphatic carbocycles. The summed E-state index contributed by atoms with van der Waals surface area (Å²) >= 11 is 6.75. The first-order valence-corrected chi connectivity index (χ1v) is 13.7. The van der Waals surface area contributed by atoms with Crippen LogP contribution in [0.1, 0.15) is 55.9 Å². The van der Waals surface area contributed by atoms with E-state index in [4.69, 9.17) is 12.2 Å². The van der Waals surface area contributed by atoms with Gasteiger partial charge in [-0.3, -0.25) is 19.1 Å². The Morgan fingerprint density at radius 2 is 1.86 bits per heavy atom. The van der Waals surface area contributed by atoms with Gasteiger partial charge >= 0.3 is 0 Å². The minimum Gasteiger partial charge on any atom is -0.357 e. The zero-order valence-corrected chi connectivity index (χ0v) is 22.9. The number of hydrogen-bond donors (Lipinski definition) is 0. The van der Waals surface area contributed by atoms with Crippen LogP contribution in [0.3, 0.4) is 0 Å². The molecule has 6 nitrogen and oxygen atoms in total. The summed E-state index contributed by atoms with van der Waals surface area (Å²) < 4.78 is 2.23. The molecule has 1 aromatic heterocycles. The van der Waals surface area contributed by atoms with Crippen LogP contribution in [-0.4, -0.2) is 38.8 Å². The zero-order valence-electron chi connectivity index (χ0n) is 21.3. The summed E-state index contributed by atoms with van der Waals surface area (Å²) in [6, 6.07) is 12.6. The third-order valence-electron chi connectivity index (χ3n) is 7.06. The maximum Gasteiger partial charge on any atom is 0.270 e. The van der Waals surface area contributed by atoms with Gasteiger partial charge in [0.2, 0.25) is 0 Å². The van der Waals surface area contributed by atoms with E-state index in [-0.39, 0.29) is 23.1 Å². The number of carbonyl (C=O) groups excluding carboxylic acids is 1. The normalized spacial score (nSPS) is 17.9. The number of benzene rings is 1. The highest BCUT2D eigenvalue weighted by Crippen LogP contribution is 2.37. The van der Waals surface area contributed by atoms with Crippen LogP contribution in [0.2, 0.25) is 0 Å². The van der Waals surface area contributed by atoms with Crippen molar-refractivity contribution in [3.05, 3.63) is 67.8 Å². The fourth-order valence-electron chi connectivity index (χ4n) is 5.13. The van der Waals surface area contributed by atoms with E-state index >= 15 is 0 Å². The molecule has 2 saturated heterocycles. The Kier molecular flexibility index (Phi) is 8.01. The fraction of sp³-hybridized carbons (Fsp3) is 0.429. The van der Waals surface area contributed by atoms with E-state index < -0.39 is 0 Å². The van der Waals surface area contributed by atoms with E-state index in [2.05, 4.69) is 35.2 Å². The van der Waals surface area contributed by atoms with Gasteiger partial charge in [0.25, 0.3) is 11.5 Å². The standard InChI is InChI=1S/C28H32N4O2S2/c1-5-31-25(30-13-11-21(12-14-30)15-20-9-7-6-8-10-20)22(19(4)23(17-29)26(31)33)16-24-27(34)32(18(2)3)28(35)36-24/h6-10,16,18,21H,5,11-15H2,1-4H3/b24-16-. The molecule has 1 aromatic carbocycles. The molecule has 0 spiro atoms. The molecule has 0 bridgehead atoms. The van der Waals surface area contributed by atoms with Crippen LogP contribution in [-0.2, 0) is 17.8 Å². The Hall–Kier alpha value is -2.89. The van der Waals surface area contributed by atoms with Gasteiger partial charge < -0.3 is 4.90 Å². The molecule has 0 saturated carbocycles. The molecule has 8 heteroatoms. The number of rotatable bonds is 6. The molecule has 0 N–H and O–H groups in total. The fourth-order valence-corrected chi connectivity index (χ4v) is 6.64. The summed E-state index contributed by atoms with van der Waals surface area (Å²) in [5.74, 6) is 1.25. The monoisotopic (exact) mass is 520 g/mol. The lowest BCUT2D eigenvalue weighted by Crippen LogP contribution is -2.39. The van der Waals surface area contributed by atoms with Gasteiger partial charge in [-0.05, 0) is 70.1 Å². The van der Waals surface area contributed by atoms with Crippen LogP contribution in [0, 0.1) is 24.2 Å². The maximum atomic E-state index is 13.3. The lowest BCUT2D eigenvalue weighted by molar-refractivity contribution is -0.123. The first-order valence-electron chi connectivity index (χ1n) is 12.5. The van der Waals surface area contributed by atoms with Gasteiger partial charge in [0, 0.05) is 31.2 Å². The average Bonchev–Trinajstić information content (AvgIpc) is 3.14. The number of thioether (sulfide) groups is 1. The minimum absolute atomic E-state index is 0.0353. The Morgan fingerprint density at radius 3 is 2.42 bits per heavy atom. The van der Waals surface area contributed by atoms with E-state index in [9.17, 15) is 14.9 Å². The van der Waals surface area contributed by atoms with Crippen LogP contribution >= 0.6 is 24.0 Å². The smallest absolute Gasteiger partial charge is 0.270 e. The molecule has 0 atom stereocenters. The van der Waals surface area contributed by atoms with Gasteiger partial charge in [-0.25, -0.2) is 0 Å². The molecule has 0 radical (unpaired) electrons. The van der Waals surface area contributed by atoms with Crippen molar-refractivity contribution in [2.75, 3.05) is 18.0 Å². The number of piperidine rings is 1. The second-order valence-electron chi connectivity index (χ2n) is 9.66. The summed E-state index contributed by atoms with van der Waals surface area (Å²) in [7, 11) is 0. The van der Waals surface area contributed by atoms with Crippen molar-refractivity contribution in [3.8, 4) is 6.07 Å². The van der Waals surface area contributed by atoms with Gasteiger partial charge in [0.1, 0.15) is 21.8 Å². The molecule has 188 valence electrons. The van der Waals surface area contributed by atoms with E-state index in [1.54, 1.807) is 16.4 Å². The molecule has 0 unspecified atom stereocenters. The van der Waals surface area contributed by atoms with E-state index in [1.165, 1.54) is 17.3 Å². The van der Waals surface area contributed by atoms with Crippen LogP contribution in [0.4, 0.5) is 5.82 Å². The molecule has 2 aromatic rings. The third kappa shape index (κ3) is 5.00. The van der Waals surface area contributed by atoms with Crippen LogP contribution < -0.4 is 10.5 Å². The molecule has 1 amide bonds. The van der Waals surface area contributed by atoms with E-state index in [1.807, 2.05) is 32.9 Å². The van der Waals surface area contributed by atoms with Crippen molar-refractivity contribution in [3.63, 3.8) is 0 Å². The summed E-state index contributed by atoms with van der Waals surface area (Å²) in [6.07, 6.45) is 4.92. The highest BCUT2D eigenvalue weighted by Gasteiger charge is 2.35. The summed E-state index contributed by atoms with van der Waals surface area (Å²) in [5, 5.41) is 9.79. The van der Waals surface area contributed by atoms with Crippen molar-refractivity contribution in [1.82, 2.24) is 9.47 Å². The Balaban J connectivity index is 1.73. The van der Waals surface area contributed by atoms with Crippen molar-refractivity contribution in [2.24, 2.45) is 5.92 Å². The predicted molar refractivity (Wildman–Crippen MR) is 151 cm³/mol. The van der Waals surface area contributed by atoms with Crippen molar-refractivity contribution >= 4 is 46.1 Å². The van der Waals surface area contributed by atoms with Gasteiger partial charge in [0.15, 0.2) is 0 Å². The lowest BCUT2D eigenvalue weighted by Gasteiger charge is -2.36. The second-order valence-corrected chi connectivity index (χ2v) is 11.3. The Bertz CT molecular complexity index is 1300. The summed E-state index contributed by atoms with van der Waals surface area (Å²) in [6.45, 7) is 9.68. The number of aromatic nitrogens is 1.